The summed E-state index contributed by atoms with van der Waals surface area (Å²) in [4.78, 5) is 40.4. The van der Waals surface area contributed by atoms with Crippen LogP contribution in [0.4, 0.5) is 13.2 Å². The van der Waals surface area contributed by atoms with Crippen molar-refractivity contribution in [3.63, 3.8) is 0 Å². The lowest BCUT2D eigenvalue weighted by atomic mass is 9.84. The predicted octanol–water partition coefficient (Wildman–Crippen LogP) is 6.73. The summed E-state index contributed by atoms with van der Waals surface area (Å²) in [6.45, 7) is 5.75. The molecule has 5 nitrogen and oxygen atoms in total. The van der Waals surface area contributed by atoms with E-state index in [0.717, 1.165) is 12.1 Å². The van der Waals surface area contributed by atoms with E-state index in [1.165, 1.54) is 29.8 Å². The van der Waals surface area contributed by atoms with Crippen LogP contribution in [0.5, 0.6) is 0 Å². The maximum absolute atomic E-state index is 13.6. The van der Waals surface area contributed by atoms with Gasteiger partial charge in [-0.05, 0) is 62.1 Å². The summed E-state index contributed by atoms with van der Waals surface area (Å²) >= 11 is 12.9. The number of halogens is 5. The van der Waals surface area contributed by atoms with Crippen molar-refractivity contribution in [2.24, 2.45) is 18.9 Å². The number of amides is 1. The molecule has 1 aliphatic rings. The Balaban J connectivity index is 1.73. The fourth-order valence-corrected chi connectivity index (χ4v) is 5.77. The lowest BCUT2D eigenvalue weighted by Gasteiger charge is -2.36. The van der Waals surface area contributed by atoms with Gasteiger partial charge in [0.2, 0.25) is 5.78 Å². The van der Waals surface area contributed by atoms with Crippen molar-refractivity contribution in [3.05, 3.63) is 68.3 Å². The van der Waals surface area contributed by atoms with Crippen molar-refractivity contribution in [1.82, 2.24) is 9.47 Å². The summed E-state index contributed by atoms with van der Waals surface area (Å²) in [7, 11) is 1.49. The number of piperidine rings is 1. The molecule has 1 saturated heterocycles. The maximum Gasteiger partial charge on any atom is 0.416 e. The summed E-state index contributed by atoms with van der Waals surface area (Å²) in [6.07, 6.45) is -4.00. The van der Waals surface area contributed by atoms with Crippen LogP contribution in [0.2, 0.25) is 10.0 Å². The first-order chi connectivity index (χ1) is 17.2. The van der Waals surface area contributed by atoms with E-state index in [2.05, 4.69) is 0 Å². The van der Waals surface area contributed by atoms with E-state index >= 15 is 0 Å². The average Bonchev–Trinajstić information content (AvgIpc) is 3.15. The van der Waals surface area contributed by atoms with E-state index in [-0.39, 0.29) is 55.9 Å². The fraction of sp³-hybridized carbons (Fsp3) is 0.370. The highest BCUT2D eigenvalue weighted by Crippen LogP contribution is 2.37. The van der Waals surface area contributed by atoms with Gasteiger partial charge in [-0.15, -0.1) is 0 Å². The number of hydrogen-bond donors (Lipinski definition) is 0. The third kappa shape index (κ3) is 4.89. The van der Waals surface area contributed by atoms with Gasteiger partial charge >= 0.3 is 6.18 Å². The molecular formula is C27H25Cl2F3N2O3. The van der Waals surface area contributed by atoms with E-state index in [0.29, 0.717) is 30.5 Å². The Bertz CT molecular complexity index is 1450. The number of carbonyl (C=O) groups is 3. The molecule has 0 unspecified atom stereocenters. The van der Waals surface area contributed by atoms with Crippen LogP contribution in [0.25, 0.3) is 10.9 Å². The number of fused-ring (bicyclic) bond motifs is 1. The molecular weight excluding hydrogens is 528 g/mol. The van der Waals surface area contributed by atoms with Gasteiger partial charge in [0.05, 0.1) is 32.4 Å². The van der Waals surface area contributed by atoms with Crippen LogP contribution in [-0.4, -0.2) is 40.0 Å². The van der Waals surface area contributed by atoms with Crippen LogP contribution in [0.3, 0.4) is 0 Å². The lowest BCUT2D eigenvalue weighted by molar-refractivity contribution is -0.137. The Hall–Kier alpha value is -2.84. The monoisotopic (exact) mass is 552 g/mol. The lowest BCUT2D eigenvalue weighted by Crippen LogP contribution is -2.44. The highest BCUT2D eigenvalue weighted by atomic mass is 35.5. The number of rotatable bonds is 4. The minimum atomic E-state index is -4.54. The van der Waals surface area contributed by atoms with Crippen molar-refractivity contribution < 1.29 is 27.6 Å². The van der Waals surface area contributed by atoms with Crippen molar-refractivity contribution in [3.8, 4) is 0 Å². The Kier molecular flexibility index (Phi) is 7.20. The number of hydrogen-bond acceptors (Lipinski definition) is 3. The van der Waals surface area contributed by atoms with Gasteiger partial charge in [-0.2, -0.15) is 13.2 Å². The summed E-state index contributed by atoms with van der Waals surface area (Å²) in [5.41, 5.74) is -0.135. The molecule has 2 aromatic carbocycles. The first kappa shape index (κ1) is 27.2. The summed E-state index contributed by atoms with van der Waals surface area (Å²) < 4.78 is 41.4. The molecule has 10 heteroatoms. The minimum Gasteiger partial charge on any atom is -0.341 e. The average molecular weight is 553 g/mol. The Morgan fingerprint density at radius 3 is 2.35 bits per heavy atom. The first-order valence-electron chi connectivity index (χ1n) is 11.7. The number of nitrogens with zero attached hydrogens (tertiary/aromatic N) is 2. The quantitative estimate of drug-likeness (QED) is 0.337. The molecule has 1 aliphatic heterocycles. The molecule has 3 aromatic rings. The van der Waals surface area contributed by atoms with Gasteiger partial charge in [-0.25, -0.2) is 0 Å². The number of benzene rings is 2. The van der Waals surface area contributed by atoms with Crippen molar-refractivity contribution in [2.45, 2.75) is 33.4 Å². The molecule has 0 N–H and O–H groups in total. The normalized spacial score (nSPS) is 18.4. The van der Waals surface area contributed by atoms with Gasteiger partial charge in [0, 0.05) is 37.0 Å². The van der Waals surface area contributed by atoms with E-state index in [9.17, 15) is 27.6 Å². The van der Waals surface area contributed by atoms with Gasteiger partial charge < -0.3 is 9.47 Å². The molecule has 1 aromatic heterocycles. The number of aromatic nitrogens is 1. The molecule has 0 bridgehead atoms. The zero-order chi connectivity index (χ0) is 27.4. The topological polar surface area (TPSA) is 59.4 Å². The SMILES string of the molecule is CC(=O)[C@@H]1CCN(C(=O)c2ccc(Cl)c(C(=O)c3cc4c(C)cc(C(F)(F)F)cc4n3C)c2Cl)C[C@@H]1C. The predicted molar refractivity (Wildman–Crippen MR) is 136 cm³/mol. The molecule has 0 saturated carbocycles. The second-order valence-corrected chi connectivity index (χ2v) is 10.4. The number of Topliss-reactive ketones (excluding diaryl/α,β-unsaturated/α-hetero) is 1. The molecule has 1 fully saturated rings. The summed E-state index contributed by atoms with van der Waals surface area (Å²) in [5.74, 6) is -1.05. The number of carbonyl (C=O) groups excluding carboxylic acids is 3. The number of aryl methyl sites for hydroxylation is 2. The minimum absolute atomic E-state index is 0.0214. The molecule has 0 spiro atoms. The fourth-order valence-electron chi connectivity index (χ4n) is 5.15. The van der Waals surface area contributed by atoms with Gasteiger partial charge in [-0.3, -0.25) is 14.4 Å². The Labute approximate surface area is 222 Å². The second-order valence-electron chi connectivity index (χ2n) is 9.66. The van der Waals surface area contributed by atoms with Gasteiger partial charge in [0.1, 0.15) is 5.78 Å². The molecule has 0 aliphatic carbocycles. The van der Waals surface area contributed by atoms with Crippen molar-refractivity contribution >= 4 is 51.6 Å². The van der Waals surface area contributed by atoms with Crippen molar-refractivity contribution in [2.75, 3.05) is 13.1 Å². The highest BCUT2D eigenvalue weighted by molar-refractivity contribution is 6.42. The molecule has 37 heavy (non-hydrogen) atoms. The zero-order valence-electron chi connectivity index (χ0n) is 20.7. The van der Waals surface area contributed by atoms with E-state index in [1.54, 1.807) is 18.7 Å². The first-order valence-corrected chi connectivity index (χ1v) is 12.5. The molecule has 0 radical (unpaired) electrons. The van der Waals surface area contributed by atoms with Crippen LogP contribution in [0.1, 0.15) is 57.8 Å². The molecule has 4 rings (SSSR count). The zero-order valence-corrected chi connectivity index (χ0v) is 22.2. The van der Waals surface area contributed by atoms with Crippen LogP contribution in [0.15, 0.2) is 30.3 Å². The standard InChI is InChI=1S/C27H25Cl2F3N2O3/c1-13-9-16(27(30,31)32)10-21-19(13)11-22(33(21)4)25(36)23-20(28)6-5-18(24(23)29)26(37)34-8-7-17(15(3)35)14(2)12-34/h5-6,9-11,14,17H,7-8,12H2,1-4H3/t14-,17+/m0/s1. The third-order valence-corrected chi connectivity index (χ3v) is 7.90. The van der Waals surface area contributed by atoms with Gasteiger partial charge in [0.25, 0.3) is 5.91 Å². The van der Waals surface area contributed by atoms with Crippen LogP contribution in [-0.2, 0) is 18.0 Å². The van der Waals surface area contributed by atoms with Gasteiger partial charge in [-0.1, -0.05) is 30.1 Å². The Morgan fingerprint density at radius 1 is 1.08 bits per heavy atom. The molecule has 196 valence electrons. The number of ketones is 2. The second kappa shape index (κ2) is 9.80. The van der Waals surface area contributed by atoms with Gasteiger partial charge in [0.15, 0.2) is 0 Å². The number of likely N-dealkylation sites (tertiary alicyclic amines) is 1. The largest absolute Gasteiger partial charge is 0.416 e. The van der Waals surface area contributed by atoms with Crippen molar-refractivity contribution in [1.29, 1.82) is 0 Å². The molecule has 2 heterocycles. The Morgan fingerprint density at radius 2 is 1.76 bits per heavy atom. The number of alkyl halides is 3. The van der Waals surface area contributed by atoms with E-state index in [4.69, 9.17) is 23.2 Å². The van der Waals surface area contributed by atoms with E-state index < -0.39 is 17.5 Å². The van der Waals surface area contributed by atoms with E-state index in [1.807, 2.05) is 6.92 Å². The highest BCUT2D eigenvalue weighted by Gasteiger charge is 2.34. The van der Waals surface area contributed by atoms with Crippen LogP contribution in [0, 0.1) is 18.8 Å². The summed E-state index contributed by atoms with van der Waals surface area (Å²) in [5, 5.41) is 0.385. The third-order valence-electron chi connectivity index (χ3n) is 7.19. The summed E-state index contributed by atoms with van der Waals surface area (Å²) in [6, 6.07) is 6.39. The van der Waals surface area contributed by atoms with Crippen LogP contribution < -0.4 is 0 Å². The molecule has 1 amide bonds. The molecule has 2 atom stereocenters. The smallest absolute Gasteiger partial charge is 0.341 e. The van der Waals surface area contributed by atoms with Crippen LogP contribution >= 0.6 is 23.2 Å². The maximum atomic E-state index is 13.6.